The first-order chi connectivity index (χ1) is 1.00. The van der Waals surface area contributed by atoms with Crippen LogP contribution in [0.3, 0.4) is 0 Å². The van der Waals surface area contributed by atoms with E-state index in [-0.39, 0.29) is 52.7 Å². The number of rotatable bonds is 0. The Labute approximate surface area is 65.8 Å². The summed E-state index contributed by atoms with van der Waals surface area (Å²) in [4.78, 5) is 0. The van der Waals surface area contributed by atoms with Crippen LogP contribution in [0.25, 0.3) is 0 Å². The molecule has 0 fully saturated rings. The van der Waals surface area contributed by atoms with Crippen LogP contribution >= 0.6 is 9.12 Å². The van der Waals surface area contributed by atoms with Crippen molar-refractivity contribution in [2.45, 2.75) is 0 Å². The van der Waals surface area contributed by atoms with E-state index >= 15 is 0 Å². The first-order valence-corrected chi connectivity index (χ1v) is 0.612. The van der Waals surface area contributed by atoms with Crippen molar-refractivity contribution in [2.24, 2.45) is 0 Å². The van der Waals surface area contributed by atoms with Gasteiger partial charge in [-0.2, -0.15) is 0 Å². The van der Waals surface area contributed by atoms with Gasteiger partial charge in [-0.3, -0.25) is 4.57 Å². The van der Waals surface area contributed by atoms with E-state index in [0.717, 1.165) is 0 Å². The third-order valence-corrected chi connectivity index (χ3v) is 0. The maximum atomic E-state index is 8.06. The van der Waals surface area contributed by atoms with Crippen molar-refractivity contribution >= 4 is 9.12 Å². The van der Waals surface area contributed by atoms with Crippen molar-refractivity contribution in [2.75, 3.05) is 0 Å². The average Bonchev–Trinajstić information content (AvgIpc) is 1.00. The Morgan fingerprint density at radius 2 is 1.50 bits per heavy atom. The molecule has 0 aliphatic heterocycles. The normalized spacial score (nSPS) is 1.00. The molecule has 0 aromatic carbocycles. The summed E-state index contributed by atoms with van der Waals surface area (Å²) >= 11 is 0. The zero-order valence-electron chi connectivity index (χ0n) is 3.41. The van der Waals surface area contributed by atoms with Gasteiger partial charge in [0.25, 0.3) is 0 Å². The summed E-state index contributed by atoms with van der Waals surface area (Å²) in [6.45, 7) is 0. The fraction of sp³-hybridized carbons (Fsp3) is 0. The van der Waals surface area contributed by atoms with Crippen molar-refractivity contribution in [1.29, 1.82) is 0 Å². The summed E-state index contributed by atoms with van der Waals surface area (Å²) in [7, 11) is 1.72. The standard InChI is InChI=1S/Na.HOP.Ti.H/c;1-2;;/h;2H;;/q+1;;;-1. The molecule has 18 valence electrons. The molecule has 1 nitrogen and oxygen atoms in total. The first kappa shape index (κ1) is 17.0. The molecule has 4 heavy (non-hydrogen) atoms. The van der Waals surface area contributed by atoms with Crippen LogP contribution in [0.5, 0.6) is 0 Å². The van der Waals surface area contributed by atoms with Crippen LogP contribution in [0, 0.1) is 0 Å². The van der Waals surface area contributed by atoms with Crippen LogP contribution in [0.4, 0.5) is 0 Å². The molecular weight excluding hydrogens is 118 g/mol. The van der Waals surface area contributed by atoms with E-state index in [9.17, 15) is 0 Å². The molecule has 0 heterocycles. The van der Waals surface area contributed by atoms with Crippen molar-refractivity contribution in [3.63, 3.8) is 0 Å². The summed E-state index contributed by atoms with van der Waals surface area (Å²) in [6, 6.07) is 0. The summed E-state index contributed by atoms with van der Waals surface area (Å²) in [6.07, 6.45) is 0. The predicted octanol–water partition coefficient (Wildman–Crippen LogP) is -2.41. The van der Waals surface area contributed by atoms with Gasteiger partial charge in [-0.15, -0.1) is 0 Å². The van der Waals surface area contributed by atoms with Crippen LogP contribution < -0.4 is 29.6 Å². The van der Waals surface area contributed by atoms with E-state index in [1.165, 1.54) is 0 Å². The Balaban J connectivity index is -0.00000000167. The molecule has 0 saturated carbocycles. The molecule has 0 atom stereocenters. The van der Waals surface area contributed by atoms with Gasteiger partial charge in [0.15, 0.2) is 0 Å². The van der Waals surface area contributed by atoms with Gasteiger partial charge in [0, 0.05) is 21.7 Å². The molecule has 0 N–H and O–H groups in total. The van der Waals surface area contributed by atoms with E-state index in [2.05, 4.69) is 0 Å². The van der Waals surface area contributed by atoms with Gasteiger partial charge in [-0.25, -0.2) is 0 Å². The second kappa shape index (κ2) is 21.3. The zero-order chi connectivity index (χ0) is 2.00. The molecule has 0 amide bonds. The van der Waals surface area contributed by atoms with E-state index in [1.54, 1.807) is 9.12 Å². The molecule has 4 heteroatoms. The minimum Gasteiger partial charge on any atom is -1.00 e. The van der Waals surface area contributed by atoms with E-state index in [0.29, 0.717) is 0 Å². The van der Waals surface area contributed by atoms with Crippen LogP contribution in [-0.2, 0) is 26.3 Å². The monoisotopic (exact) mass is 120 g/mol. The molecule has 0 unspecified atom stereocenters. The summed E-state index contributed by atoms with van der Waals surface area (Å²) < 4.78 is 8.06. The Bertz CT molecular complexity index is 11.6. The zero-order valence-corrected chi connectivity index (χ0v) is 6.97. The third kappa shape index (κ3) is 9.18. The Morgan fingerprint density at radius 1 is 1.50 bits per heavy atom. The largest absolute Gasteiger partial charge is 1.00 e. The molecule has 0 aliphatic carbocycles. The smallest absolute Gasteiger partial charge is 1.00 e. The maximum Gasteiger partial charge on any atom is 1.00 e. The molecule has 0 saturated heterocycles. The van der Waals surface area contributed by atoms with E-state index in [1.807, 2.05) is 0 Å². The second-order valence-electron chi connectivity index (χ2n) is 0. The molecule has 0 aromatic heterocycles. The summed E-state index contributed by atoms with van der Waals surface area (Å²) in [5, 5.41) is 0. The van der Waals surface area contributed by atoms with Crippen molar-refractivity contribution in [3.05, 3.63) is 0 Å². The van der Waals surface area contributed by atoms with Gasteiger partial charge in [-0.1, -0.05) is 0 Å². The molecule has 0 bridgehead atoms. The SMILES string of the molecule is O=P.[H-].[Na+].[Ti]. The van der Waals surface area contributed by atoms with Crippen LogP contribution in [0.1, 0.15) is 1.43 Å². The molecular formula is H2NaOPTi. The van der Waals surface area contributed by atoms with Crippen molar-refractivity contribution in [1.82, 2.24) is 0 Å². The molecule has 0 radical (unpaired) electrons. The van der Waals surface area contributed by atoms with E-state index < -0.39 is 0 Å². The molecule has 0 aromatic rings. The van der Waals surface area contributed by atoms with Gasteiger partial charge >= 0.3 is 29.6 Å². The topological polar surface area (TPSA) is 17.1 Å². The number of hydrogen-bond donors (Lipinski definition) is 0. The van der Waals surface area contributed by atoms with Gasteiger partial charge in [0.2, 0.25) is 0 Å². The maximum absolute atomic E-state index is 8.06. The molecule has 0 spiro atoms. The quantitative estimate of drug-likeness (QED) is 0.257. The van der Waals surface area contributed by atoms with Crippen LogP contribution in [0.2, 0.25) is 0 Å². The van der Waals surface area contributed by atoms with Crippen LogP contribution in [0.15, 0.2) is 0 Å². The average molecular weight is 120 g/mol. The Morgan fingerprint density at radius 3 is 1.50 bits per heavy atom. The first-order valence-electron chi connectivity index (χ1n) is 0.204. The van der Waals surface area contributed by atoms with Crippen molar-refractivity contribution < 1.29 is 57.3 Å². The van der Waals surface area contributed by atoms with Crippen LogP contribution in [-0.4, -0.2) is 0 Å². The fourth-order valence-electron chi connectivity index (χ4n) is 0. The van der Waals surface area contributed by atoms with Crippen molar-refractivity contribution in [3.8, 4) is 0 Å². The minimum absolute atomic E-state index is 0. The van der Waals surface area contributed by atoms with Gasteiger partial charge in [0.1, 0.15) is 9.12 Å². The number of hydrogen-bond acceptors (Lipinski definition) is 1. The minimum atomic E-state index is 0. The Kier molecular flexibility index (Phi) is 90.5. The predicted molar refractivity (Wildman–Crippen MR) is 10.1 cm³/mol. The summed E-state index contributed by atoms with van der Waals surface area (Å²) in [5.74, 6) is 0. The fourth-order valence-corrected chi connectivity index (χ4v) is 0. The van der Waals surface area contributed by atoms with E-state index in [4.69, 9.17) is 4.57 Å². The Hall–Kier alpha value is 1.81. The second-order valence-corrected chi connectivity index (χ2v) is 0. The summed E-state index contributed by atoms with van der Waals surface area (Å²) in [5.41, 5.74) is 0. The van der Waals surface area contributed by atoms with Gasteiger partial charge in [0.05, 0.1) is 0 Å². The third-order valence-electron chi connectivity index (χ3n) is 0. The van der Waals surface area contributed by atoms with Gasteiger partial charge < -0.3 is 1.43 Å². The van der Waals surface area contributed by atoms with Gasteiger partial charge in [-0.05, 0) is 0 Å². The molecule has 0 aliphatic rings. The molecule has 0 rings (SSSR count).